The van der Waals surface area contributed by atoms with Gasteiger partial charge in [0.1, 0.15) is 0 Å². The van der Waals surface area contributed by atoms with E-state index in [4.69, 9.17) is 24.1 Å². The molecule has 0 aliphatic rings. The summed E-state index contributed by atoms with van der Waals surface area (Å²) in [4.78, 5) is 11.1. The van der Waals surface area contributed by atoms with Crippen LogP contribution in [0.3, 0.4) is 0 Å². The molecule has 1 aromatic carbocycles. The fraction of sp³-hybridized carbons (Fsp3) is 0.389. The zero-order valence-electron chi connectivity index (χ0n) is 15.9. The van der Waals surface area contributed by atoms with Crippen LogP contribution in [0.2, 0.25) is 0 Å². The molecule has 1 aromatic heterocycles. The Morgan fingerprint density at radius 2 is 1.68 bits per heavy atom. The lowest BCUT2D eigenvalue weighted by Crippen LogP contribution is -2.21. The first-order chi connectivity index (χ1) is 13.1. The van der Waals surface area contributed by atoms with Crippen LogP contribution in [0.4, 0.5) is 13.2 Å². The number of halogens is 3. The summed E-state index contributed by atoms with van der Waals surface area (Å²) in [5.74, 6) is -0.707. The fourth-order valence-corrected chi connectivity index (χ4v) is 2.99. The summed E-state index contributed by atoms with van der Waals surface area (Å²) in [5.41, 5.74) is 2.40. The molecule has 28 heavy (non-hydrogen) atoms. The van der Waals surface area contributed by atoms with Crippen molar-refractivity contribution in [1.29, 1.82) is 0 Å². The lowest BCUT2D eigenvalue weighted by Gasteiger charge is -2.20. The molecule has 2 rings (SSSR count). The van der Waals surface area contributed by atoms with Crippen LogP contribution in [0.1, 0.15) is 11.1 Å². The molecule has 0 bridgehead atoms. The van der Waals surface area contributed by atoms with Gasteiger partial charge in [0.25, 0.3) is 0 Å². The number of benzene rings is 1. The van der Waals surface area contributed by atoms with Crippen LogP contribution in [-0.4, -0.2) is 50.5 Å². The molecule has 1 N–H and O–H groups in total. The number of carboxylic acids is 1. The molecule has 0 fully saturated rings. The highest BCUT2D eigenvalue weighted by Crippen LogP contribution is 2.40. The predicted octanol–water partition coefficient (Wildman–Crippen LogP) is 4.04. The van der Waals surface area contributed by atoms with Gasteiger partial charge in [-0.25, -0.2) is 4.79 Å². The van der Waals surface area contributed by atoms with Crippen LogP contribution in [-0.2, 0) is 17.9 Å². The van der Waals surface area contributed by atoms with Crippen LogP contribution in [0.15, 0.2) is 29.0 Å². The number of nitrogens with zero attached hydrogens (tertiary/aromatic N) is 1. The van der Waals surface area contributed by atoms with E-state index in [1.54, 1.807) is 32.7 Å². The lowest BCUT2D eigenvalue weighted by atomic mass is 10.1. The molecule has 0 amide bonds. The Morgan fingerprint density at radius 1 is 1.07 bits per heavy atom. The molecule has 156 valence electrons. The summed E-state index contributed by atoms with van der Waals surface area (Å²) in [7, 11) is 6.99. The summed E-state index contributed by atoms with van der Waals surface area (Å²) in [6.45, 7) is 1.68. The Labute approximate surface area is 165 Å². The van der Waals surface area contributed by atoms with Gasteiger partial charge in [0.2, 0.25) is 5.75 Å². The molecular formula is C18H22F3NO5S. The van der Waals surface area contributed by atoms with Gasteiger partial charge in [0.15, 0.2) is 11.5 Å². The summed E-state index contributed by atoms with van der Waals surface area (Å²) >= 11 is 1.72. The van der Waals surface area contributed by atoms with E-state index in [0.717, 1.165) is 24.4 Å². The molecule has 0 unspecified atom stereocenters. The Morgan fingerprint density at radius 3 is 2.11 bits per heavy atom. The molecular weight excluding hydrogens is 399 g/mol. The minimum atomic E-state index is -5.08. The molecule has 10 heteroatoms. The van der Waals surface area contributed by atoms with Gasteiger partial charge in [-0.2, -0.15) is 24.5 Å². The standard InChI is InChI=1S/C16H21NO3S.C2HF3O2/c1-17(9-12-7-8-21-11-12)10-13-5-6-14(18-2)16(20-4)15(13)19-3;3-2(4,5)1(6)7/h5-8,11H,9-10H2,1-4H3;(H,6,7). The number of thiophene rings is 1. The molecule has 0 spiro atoms. The maximum Gasteiger partial charge on any atom is 0.490 e. The quantitative estimate of drug-likeness (QED) is 0.728. The molecule has 0 saturated heterocycles. The second kappa shape index (κ2) is 10.8. The van der Waals surface area contributed by atoms with Gasteiger partial charge in [-0.1, -0.05) is 6.07 Å². The number of hydrogen-bond donors (Lipinski definition) is 1. The number of aliphatic carboxylic acids is 1. The molecule has 2 aromatic rings. The van der Waals surface area contributed by atoms with Gasteiger partial charge in [0, 0.05) is 18.7 Å². The van der Waals surface area contributed by atoms with Crippen LogP contribution < -0.4 is 14.2 Å². The highest BCUT2D eigenvalue weighted by molar-refractivity contribution is 7.07. The highest BCUT2D eigenvalue weighted by atomic mass is 32.1. The Hall–Kier alpha value is -2.46. The Bertz CT molecular complexity index is 750. The van der Waals surface area contributed by atoms with Gasteiger partial charge in [-0.05, 0) is 35.5 Å². The first-order valence-electron chi connectivity index (χ1n) is 7.91. The SMILES string of the molecule is COc1ccc(CN(C)Cc2ccsc2)c(OC)c1OC.O=C(O)C(F)(F)F. The van der Waals surface area contributed by atoms with Crippen LogP contribution in [0.25, 0.3) is 0 Å². The largest absolute Gasteiger partial charge is 0.493 e. The zero-order chi connectivity index (χ0) is 21.3. The van der Waals surface area contributed by atoms with Crippen molar-refractivity contribution in [2.75, 3.05) is 28.4 Å². The Balaban J connectivity index is 0.000000480. The molecule has 6 nitrogen and oxygen atoms in total. The van der Waals surface area contributed by atoms with Crippen molar-refractivity contribution in [3.05, 3.63) is 40.1 Å². The van der Waals surface area contributed by atoms with E-state index < -0.39 is 12.1 Å². The topological polar surface area (TPSA) is 68.2 Å². The maximum atomic E-state index is 10.6. The molecule has 0 atom stereocenters. The van der Waals surface area contributed by atoms with E-state index in [2.05, 4.69) is 28.8 Å². The summed E-state index contributed by atoms with van der Waals surface area (Å²) in [6, 6.07) is 6.08. The van der Waals surface area contributed by atoms with Crippen LogP contribution in [0.5, 0.6) is 17.2 Å². The second-order valence-electron chi connectivity index (χ2n) is 5.60. The predicted molar refractivity (Wildman–Crippen MR) is 99.3 cm³/mol. The van der Waals surface area contributed by atoms with Crippen molar-refractivity contribution >= 4 is 17.3 Å². The van der Waals surface area contributed by atoms with E-state index in [1.807, 2.05) is 12.1 Å². The summed E-state index contributed by atoms with van der Waals surface area (Å²) in [6.07, 6.45) is -5.08. The average Bonchev–Trinajstić information content (AvgIpc) is 3.13. The zero-order valence-corrected chi connectivity index (χ0v) is 16.7. The second-order valence-corrected chi connectivity index (χ2v) is 6.38. The molecule has 0 saturated carbocycles. The van der Waals surface area contributed by atoms with Crippen molar-refractivity contribution in [2.24, 2.45) is 0 Å². The molecule has 1 heterocycles. The van der Waals surface area contributed by atoms with E-state index in [9.17, 15) is 13.2 Å². The van der Waals surface area contributed by atoms with Gasteiger partial charge in [-0.15, -0.1) is 0 Å². The van der Waals surface area contributed by atoms with Gasteiger partial charge < -0.3 is 19.3 Å². The average molecular weight is 421 g/mol. The van der Waals surface area contributed by atoms with E-state index in [1.165, 1.54) is 5.56 Å². The number of carboxylic acid groups (broad SMARTS) is 1. The number of ether oxygens (including phenoxy) is 3. The van der Waals surface area contributed by atoms with Crippen LogP contribution >= 0.6 is 11.3 Å². The summed E-state index contributed by atoms with van der Waals surface area (Å²) in [5, 5.41) is 11.4. The number of methoxy groups -OCH3 is 3. The molecule has 0 aliphatic heterocycles. The smallest absolute Gasteiger partial charge is 0.490 e. The van der Waals surface area contributed by atoms with E-state index in [-0.39, 0.29) is 0 Å². The van der Waals surface area contributed by atoms with Crippen molar-refractivity contribution in [3.63, 3.8) is 0 Å². The monoisotopic (exact) mass is 421 g/mol. The third-order valence-electron chi connectivity index (χ3n) is 3.50. The highest BCUT2D eigenvalue weighted by Gasteiger charge is 2.38. The van der Waals surface area contributed by atoms with Crippen molar-refractivity contribution in [3.8, 4) is 17.2 Å². The molecule has 0 aliphatic carbocycles. The minimum Gasteiger partial charge on any atom is -0.493 e. The normalized spacial score (nSPS) is 10.9. The summed E-state index contributed by atoms with van der Waals surface area (Å²) < 4.78 is 48.0. The third kappa shape index (κ3) is 6.93. The van der Waals surface area contributed by atoms with Gasteiger partial charge in [-0.3, -0.25) is 4.90 Å². The number of alkyl halides is 3. The maximum absolute atomic E-state index is 10.6. The number of rotatable bonds is 7. The first kappa shape index (κ1) is 23.6. The van der Waals surface area contributed by atoms with E-state index in [0.29, 0.717) is 11.5 Å². The fourth-order valence-electron chi connectivity index (χ4n) is 2.33. The number of hydrogen-bond acceptors (Lipinski definition) is 6. The molecule has 0 radical (unpaired) electrons. The Kier molecular flexibility index (Phi) is 9.07. The lowest BCUT2D eigenvalue weighted by molar-refractivity contribution is -0.192. The van der Waals surface area contributed by atoms with Crippen molar-refractivity contribution in [1.82, 2.24) is 4.90 Å². The van der Waals surface area contributed by atoms with Crippen LogP contribution in [0, 0.1) is 0 Å². The first-order valence-corrected chi connectivity index (χ1v) is 8.85. The van der Waals surface area contributed by atoms with Gasteiger partial charge in [0.05, 0.1) is 21.3 Å². The minimum absolute atomic E-state index is 0.640. The van der Waals surface area contributed by atoms with Gasteiger partial charge >= 0.3 is 12.1 Å². The third-order valence-corrected chi connectivity index (χ3v) is 4.23. The van der Waals surface area contributed by atoms with E-state index >= 15 is 0 Å². The van der Waals surface area contributed by atoms with Crippen molar-refractivity contribution in [2.45, 2.75) is 19.3 Å². The van der Waals surface area contributed by atoms with Crippen molar-refractivity contribution < 1.29 is 37.3 Å². The number of carbonyl (C=O) groups is 1.